The number of piperazine rings is 1. The van der Waals surface area contributed by atoms with Gasteiger partial charge in [0.15, 0.2) is 0 Å². The summed E-state index contributed by atoms with van der Waals surface area (Å²) < 4.78 is 0. The molecule has 0 spiro atoms. The first kappa shape index (κ1) is 21.6. The van der Waals surface area contributed by atoms with Crippen LogP contribution in [0.1, 0.15) is 15.9 Å². The van der Waals surface area contributed by atoms with Crippen LogP contribution in [0.25, 0.3) is 0 Å². The molecule has 6 nitrogen and oxygen atoms in total. The van der Waals surface area contributed by atoms with Crippen molar-refractivity contribution in [2.75, 3.05) is 44.2 Å². The molecule has 0 unspecified atom stereocenters. The fourth-order valence-electron chi connectivity index (χ4n) is 3.75. The lowest BCUT2D eigenvalue weighted by Gasteiger charge is -2.35. The van der Waals surface area contributed by atoms with Gasteiger partial charge >= 0.3 is 0 Å². The van der Waals surface area contributed by atoms with E-state index in [-0.39, 0.29) is 0 Å². The first-order chi connectivity index (χ1) is 14.4. The molecule has 0 bridgehead atoms. The maximum Gasteiger partial charge on any atom is 0.299 e. The number of ketones is 1. The van der Waals surface area contributed by atoms with Crippen molar-refractivity contribution in [1.82, 2.24) is 15.3 Å². The summed E-state index contributed by atoms with van der Waals surface area (Å²) in [5, 5.41) is 3.76. The highest BCUT2D eigenvalue weighted by Crippen LogP contribution is 2.31. The Bertz CT molecular complexity index is 977. The van der Waals surface area contributed by atoms with Gasteiger partial charge in [0.2, 0.25) is 0 Å². The average molecular weight is 468 g/mol. The molecule has 2 heterocycles. The lowest BCUT2D eigenvalue weighted by Crippen LogP contribution is -2.53. The summed E-state index contributed by atoms with van der Waals surface area (Å²) in [5.74, 6) is -0.966. The molecule has 0 atom stereocenters. The van der Waals surface area contributed by atoms with Crippen LogP contribution in [0.5, 0.6) is 0 Å². The highest BCUT2D eigenvalue weighted by molar-refractivity contribution is 6.52. The molecule has 1 amide bonds. The minimum absolute atomic E-state index is 0.390. The first-order valence-electron chi connectivity index (χ1n) is 9.73. The number of rotatable bonds is 6. The number of carbonyl (C=O) groups is 2. The third kappa shape index (κ3) is 4.49. The summed E-state index contributed by atoms with van der Waals surface area (Å²) in [6.07, 6.45) is 0. The molecule has 2 aromatic rings. The molecular weight excluding hydrogens is 447 g/mol. The van der Waals surface area contributed by atoms with Crippen molar-refractivity contribution in [3.8, 4) is 0 Å². The van der Waals surface area contributed by atoms with Gasteiger partial charge < -0.3 is 4.90 Å². The standard InChI is InChI=1S/C21H21Cl3N4O2/c22-15-4-5-18-16(12-15)20(29)21(30)28(18)11-8-26-6-9-27(10-7-26)25-13-14-2-1-3-17(23)19(14)24/h1-5,12,25H,6-11,13H2. The Balaban J connectivity index is 1.26. The van der Waals surface area contributed by atoms with Crippen LogP contribution in [0.2, 0.25) is 15.1 Å². The number of fused-ring (bicyclic) bond motifs is 1. The largest absolute Gasteiger partial charge is 0.303 e. The summed E-state index contributed by atoms with van der Waals surface area (Å²) in [4.78, 5) is 28.4. The van der Waals surface area contributed by atoms with E-state index in [0.717, 1.165) is 31.7 Å². The Labute approximate surface area is 190 Å². The zero-order valence-electron chi connectivity index (χ0n) is 16.2. The molecule has 0 saturated carbocycles. The number of nitrogens with zero attached hydrogens (tertiary/aromatic N) is 3. The van der Waals surface area contributed by atoms with E-state index in [4.69, 9.17) is 34.8 Å². The van der Waals surface area contributed by atoms with Gasteiger partial charge in [-0.05, 0) is 29.8 Å². The molecule has 1 saturated heterocycles. The molecule has 0 radical (unpaired) electrons. The number of Topliss-reactive ketones (excluding diaryl/α,β-unsaturated/α-hetero) is 1. The minimum Gasteiger partial charge on any atom is -0.303 e. The maximum absolute atomic E-state index is 12.3. The van der Waals surface area contributed by atoms with E-state index in [2.05, 4.69) is 15.3 Å². The van der Waals surface area contributed by atoms with E-state index in [1.807, 2.05) is 12.1 Å². The molecule has 9 heteroatoms. The van der Waals surface area contributed by atoms with Gasteiger partial charge in [-0.2, -0.15) is 0 Å². The minimum atomic E-state index is -0.485. The van der Waals surface area contributed by atoms with Crippen LogP contribution in [-0.2, 0) is 11.3 Å². The van der Waals surface area contributed by atoms with Crippen LogP contribution in [0.15, 0.2) is 36.4 Å². The lowest BCUT2D eigenvalue weighted by atomic mass is 10.1. The Kier molecular flexibility index (Phi) is 6.63. The molecule has 0 aromatic heterocycles. The van der Waals surface area contributed by atoms with Crippen molar-refractivity contribution < 1.29 is 9.59 Å². The molecular formula is C21H21Cl3N4O2. The second kappa shape index (κ2) is 9.22. The third-order valence-electron chi connectivity index (χ3n) is 5.47. The number of benzene rings is 2. The molecule has 1 fully saturated rings. The quantitative estimate of drug-likeness (QED) is 0.659. The lowest BCUT2D eigenvalue weighted by molar-refractivity contribution is -0.114. The fourth-order valence-corrected chi connectivity index (χ4v) is 4.31. The monoisotopic (exact) mass is 466 g/mol. The molecule has 30 heavy (non-hydrogen) atoms. The predicted molar refractivity (Wildman–Crippen MR) is 119 cm³/mol. The van der Waals surface area contributed by atoms with Crippen LogP contribution < -0.4 is 10.3 Å². The number of halogens is 3. The summed E-state index contributed by atoms with van der Waals surface area (Å²) >= 11 is 18.3. The Morgan fingerprint density at radius 2 is 1.70 bits per heavy atom. The number of hydrogen-bond donors (Lipinski definition) is 1. The maximum atomic E-state index is 12.3. The van der Waals surface area contributed by atoms with Crippen LogP contribution in [0.4, 0.5) is 5.69 Å². The van der Waals surface area contributed by atoms with Gasteiger partial charge in [0.05, 0.1) is 21.3 Å². The number of hydrazine groups is 1. The predicted octanol–water partition coefficient (Wildman–Crippen LogP) is 3.50. The van der Waals surface area contributed by atoms with Gasteiger partial charge in [-0.25, -0.2) is 5.01 Å². The second-order valence-corrected chi connectivity index (χ2v) is 8.55. The van der Waals surface area contributed by atoms with Gasteiger partial charge in [-0.15, -0.1) is 0 Å². The Hall–Kier alpha value is -1.67. The molecule has 2 aliphatic heterocycles. The number of amides is 1. The van der Waals surface area contributed by atoms with Crippen molar-refractivity contribution in [3.63, 3.8) is 0 Å². The highest BCUT2D eigenvalue weighted by Gasteiger charge is 2.35. The highest BCUT2D eigenvalue weighted by atomic mass is 35.5. The van der Waals surface area contributed by atoms with Gasteiger partial charge in [-0.3, -0.25) is 19.9 Å². The van der Waals surface area contributed by atoms with Crippen molar-refractivity contribution in [2.45, 2.75) is 6.54 Å². The zero-order chi connectivity index (χ0) is 21.3. The second-order valence-electron chi connectivity index (χ2n) is 7.32. The summed E-state index contributed by atoms with van der Waals surface area (Å²) in [7, 11) is 0. The van der Waals surface area contributed by atoms with Gasteiger partial charge in [0.25, 0.3) is 11.7 Å². The van der Waals surface area contributed by atoms with Gasteiger partial charge in [0.1, 0.15) is 0 Å². The van der Waals surface area contributed by atoms with E-state index in [9.17, 15) is 9.59 Å². The number of nitrogens with one attached hydrogen (secondary N) is 1. The summed E-state index contributed by atoms with van der Waals surface area (Å²) in [6.45, 7) is 5.21. The van der Waals surface area contributed by atoms with Gasteiger partial charge in [0, 0.05) is 50.8 Å². The Morgan fingerprint density at radius 3 is 2.47 bits per heavy atom. The molecule has 2 aliphatic rings. The molecule has 2 aromatic carbocycles. The van der Waals surface area contributed by atoms with Crippen molar-refractivity contribution in [1.29, 1.82) is 0 Å². The van der Waals surface area contributed by atoms with Crippen molar-refractivity contribution >= 4 is 52.2 Å². The van der Waals surface area contributed by atoms with E-state index < -0.39 is 11.7 Å². The third-order valence-corrected chi connectivity index (χ3v) is 6.56. The van der Waals surface area contributed by atoms with E-state index in [1.54, 1.807) is 29.2 Å². The van der Waals surface area contributed by atoms with Crippen LogP contribution in [0.3, 0.4) is 0 Å². The number of carbonyl (C=O) groups excluding carboxylic acids is 2. The topological polar surface area (TPSA) is 55.9 Å². The molecule has 0 aliphatic carbocycles. The molecule has 4 rings (SSSR count). The summed E-state index contributed by atoms with van der Waals surface area (Å²) in [5.41, 5.74) is 5.39. The Morgan fingerprint density at radius 1 is 0.933 bits per heavy atom. The van der Waals surface area contributed by atoms with Crippen molar-refractivity contribution in [3.05, 3.63) is 62.6 Å². The van der Waals surface area contributed by atoms with E-state index in [0.29, 0.717) is 46.0 Å². The van der Waals surface area contributed by atoms with Crippen LogP contribution in [-0.4, -0.2) is 60.9 Å². The fraction of sp³-hybridized carbons (Fsp3) is 0.333. The normalized spacial score (nSPS) is 17.6. The summed E-state index contributed by atoms with van der Waals surface area (Å²) in [6, 6.07) is 10.6. The SMILES string of the molecule is O=C1C(=O)N(CCN2CCN(NCc3cccc(Cl)c3Cl)CC2)c2ccc(Cl)cc21. The number of hydrogen-bond acceptors (Lipinski definition) is 5. The zero-order valence-corrected chi connectivity index (χ0v) is 18.5. The van der Waals surface area contributed by atoms with E-state index in [1.165, 1.54) is 0 Å². The smallest absolute Gasteiger partial charge is 0.299 e. The van der Waals surface area contributed by atoms with Crippen LogP contribution in [0, 0.1) is 0 Å². The first-order valence-corrected chi connectivity index (χ1v) is 10.9. The van der Waals surface area contributed by atoms with Crippen molar-refractivity contribution in [2.24, 2.45) is 0 Å². The molecule has 158 valence electrons. The van der Waals surface area contributed by atoms with Gasteiger partial charge in [-0.1, -0.05) is 46.9 Å². The average Bonchev–Trinajstić information content (AvgIpc) is 2.98. The molecule has 1 N–H and O–H groups in total. The van der Waals surface area contributed by atoms with E-state index >= 15 is 0 Å². The van der Waals surface area contributed by atoms with Crippen LogP contribution >= 0.6 is 34.8 Å². The number of anilines is 1.